The Labute approximate surface area is 141 Å². The van der Waals surface area contributed by atoms with Crippen LogP contribution in [0.4, 0.5) is 23.0 Å². The Bertz CT molecular complexity index is 1070. The van der Waals surface area contributed by atoms with E-state index in [0.717, 1.165) is 4.52 Å². The lowest BCUT2D eigenvalue weighted by Gasteiger charge is -2.01. The highest BCUT2D eigenvalue weighted by Crippen LogP contribution is 2.31. The molecule has 0 spiro atoms. The highest BCUT2D eigenvalue weighted by Gasteiger charge is 2.19. The van der Waals surface area contributed by atoms with Gasteiger partial charge in [0.05, 0.1) is 12.8 Å². The summed E-state index contributed by atoms with van der Waals surface area (Å²) >= 11 is 0. The number of anilines is 2. The number of nitrogens with zero attached hydrogens (tertiary/aromatic N) is 7. The number of azo groups is 1. The molecule has 0 saturated carbocycles. The van der Waals surface area contributed by atoms with Crippen LogP contribution in [-0.2, 0) is 0 Å². The number of hydrogen-bond acceptors (Lipinski definition) is 9. The fraction of sp³-hybridized carbons (Fsp3) is 0.0667. The van der Waals surface area contributed by atoms with Crippen LogP contribution < -0.4 is 16.2 Å². The summed E-state index contributed by atoms with van der Waals surface area (Å²) in [4.78, 5) is 4.07. The SMILES string of the molecule is COc1ccc(N=Nc2c(N)nn3c(C#N)c(C#N)c(N)nc23)cc1. The number of nitriles is 2. The molecule has 0 aliphatic carbocycles. The number of methoxy groups -OCH3 is 1. The van der Waals surface area contributed by atoms with Crippen LogP contribution >= 0.6 is 0 Å². The number of nitrogens with two attached hydrogens (primary N) is 2. The van der Waals surface area contributed by atoms with Gasteiger partial charge in [0.1, 0.15) is 29.3 Å². The van der Waals surface area contributed by atoms with Gasteiger partial charge < -0.3 is 16.2 Å². The zero-order valence-corrected chi connectivity index (χ0v) is 13.0. The predicted octanol–water partition coefficient (Wildman–Crippen LogP) is 2.06. The van der Waals surface area contributed by atoms with Gasteiger partial charge in [-0.25, -0.2) is 4.98 Å². The summed E-state index contributed by atoms with van der Waals surface area (Å²) in [7, 11) is 1.56. The van der Waals surface area contributed by atoms with Crippen molar-refractivity contribution in [1.29, 1.82) is 10.5 Å². The van der Waals surface area contributed by atoms with Gasteiger partial charge in [-0.3, -0.25) is 0 Å². The molecule has 0 bridgehead atoms. The number of ether oxygens (including phenoxy) is 1. The number of hydrogen-bond donors (Lipinski definition) is 2. The van der Waals surface area contributed by atoms with Crippen LogP contribution in [0.1, 0.15) is 11.3 Å². The quantitative estimate of drug-likeness (QED) is 0.692. The Morgan fingerprint density at radius 3 is 2.40 bits per heavy atom. The highest BCUT2D eigenvalue weighted by atomic mass is 16.5. The predicted molar refractivity (Wildman–Crippen MR) is 88.4 cm³/mol. The molecule has 0 fully saturated rings. The molecule has 10 heteroatoms. The minimum absolute atomic E-state index is 0.00996. The van der Waals surface area contributed by atoms with Gasteiger partial charge in [0.15, 0.2) is 22.8 Å². The molecule has 10 nitrogen and oxygen atoms in total. The molecule has 0 aliphatic heterocycles. The van der Waals surface area contributed by atoms with Gasteiger partial charge in [-0.2, -0.15) is 20.2 Å². The van der Waals surface area contributed by atoms with Crippen LogP contribution in [0.5, 0.6) is 5.75 Å². The smallest absolute Gasteiger partial charge is 0.188 e. The summed E-state index contributed by atoms with van der Waals surface area (Å²) < 4.78 is 6.20. The van der Waals surface area contributed by atoms with Crippen molar-refractivity contribution in [2.75, 3.05) is 18.6 Å². The first-order valence-corrected chi connectivity index (χ1v) is 6.92. The Hall–Kier alpha value is -4.18. The molecule has 4 N–H and O–H groups in total. The van der Waals surface area contributed by atoms with Crippen molar-refractivity contribution in [2.45, 2.75) is 0 Å². The van der Waals surface area contributed by atoms with Gasteiger partial charge in [0.25, 0.3) is 0 Å². The van der Waals surface area contributed by atoms with Crippen molar-refractivity contribution in [3.8, 4) is 17.9 Å². The van der Waals surface area contributed by atoms with Crippen molar-refractivity contribution < 1.29 is 4.74 Å². The van der Waals surface area contributed by atoms with E-state index < -0.39 is 0 Å². The summed E-state index contributed by atoms with van der Waals surface area (Å²) in [5, 5.41) is 30.5. The summed E-state index contributed by atoms with van der Waals surface area (Å²) in [5.41, 5.74) is 12.3. The lowest BCUT2D eigenvalue weighted by Crippen LogP contribution is -2.05. The number of rotatable bonds is 3. The first kappa shape index (κ1) is 15.7. The maximum absolute atomic E-state index is 9.28. The molecule has 0 unspecified atom stereocenters. The fourth-order valence-corrected chi connectivity index (χ4v) is 2.14. The van der Waals surface area contributed by atoms with Crippen molar-refractivity contribution in [3.63, 3.8) is 0 Å². The Kier molecular flexibility index (Phi) is 3.86. The van der Waals surface area contributed by atoms with Gasteiger partial charge in [-0.05, 0) is 24.3 Å². The van der Waals surface area contributed by atoms with Crippen molar-refractivity contribution in [2.24, 2.45) is 10.2 Å². The fourth-order valence-electron chi connectivity index (χ4n) is 2.14. The average molecular weight is 333 g/mol. The molecule has 0 saturated heterocycles. The lowest BCUT2D eigenvalue weighted by atomic mass is 10.2. The molecule has 2 heterocycles. The summed E-state index contributed by atoms with van der Waals surface area (Å²) in [6, 6.07) is 10.6. The third kappa shape index (κ3) is 2.64. The van der Waals surface area contributed by atoms with Gasteiger partial charge in [-0.15, -0.1) is 10.2 Å². The maximum Gasteiger partial charge on any atom is 0.188 e. The molecule has 25 heavy (non-hydrogen) atoms. The molecule has 0 atom stereocenters. The summed E-state index contributed by atoms with van der Waals surface area (Å²) in [6.45, 7) is 0. The van der Waals surface area contributed by atoms with Gasteiger partial charge in [0.2, 0.25) is 0 Å². The van der Waals surface area contributed by atoms with Crippen LogP contribution in [0.25, 0.3) is 5.65 Å². The van der Waals surface area contributed by atoms with E-state index in [-0.39, 0.29) is 34.2 Å². The Morgan fingerprint density at radius 1 is 1.08 bits per heavy atom. The Balaban J connectivity index is 2.12. The van der Waals surface area contributed by atoms with Crippen molar-refractivity contribution in [3.05, 3.63) is 35.5 Å². The lowest BCUT2D eigenvalue weighted by molar-refractivity contribution is 0.415. The second-order valence-corrected chi connectivity index (χ2v) is 4.81. The second-order valence-electron chi connectivity index (χ2n) is 4.81. The van der Waals surface area contributed by atoms with E-state index in [1.165, 1.54) is 0 Å². The summed E-state index contributed by atoms with van der Waals surface area (Å²) in [5.74, 6) is 0.592. The van der Waals surface area contributed by atoms with E-state index in [1.807, 2.05) is 12.1 Å². The number of benzene rings is 1. The van der Waals surface area contributed by atoms with Crippen LogP contribution in [-0.4, -0.2) is 21.7 Å². The Morgan fingerprint density at radius 2 is 1.80 bits per heavy atom. The minimum atomic E-state index is -0.104. The van der Waals surface area contributed by atoms with Crippen LogP contribution in [0.15, 0.2) is 34.5 Å². The monoisotopic (exact) mass is 333 g/mol. The van der Waals surface area contributed by atoms with Crippen LogP contribution in [0, 0.1) is 22.7 Å². The maximum atomic E-state index is 9.28. The van der Waals surface area contributed by atoms with Crippen LogP contribution in [0.2, 0.25) is 0 Å². The van der Waals surface area contributed by atoms with Crippen molar-refractivity contribution in [1.82, 2.24) is 14.6 Å². The number of aromatic nitrogens is 3. The van der Waals surface area contributed by atoms with E-state index in [1.54, 1.807) is 31.4 Å². The molecule has 2 aromatic heterocycles. The zero-order valence-electron chi connectivity index (χ0n) is 13.0. The molecule has 0 aliphatic rings. The molecule has 3 rings (SSSR count). The highest BCUT2D eigenvalue weighted by molar-refractivity contribution is 5.78. The van der Waals surface area contributed by atoms with Gasteiger partial charge >= 0.3 is 0 Å². The first-order valence-electron chi connectivity index (χ1n) is 6.92. The van der Waals surface area contributed by atoms with E-state index in [0.29, 0.717) is 11.4 Å². The normalized spacial score (nSPS) is 10.7. The van der Waals surface area contributed by atoms with Gasteiger partial charge in [-0.1, -0.05) is 0 Å². The number of nitrogen functional groups attached to an aromatic ring is 2. The van der Waals surface area contributed by atoms with E-state index in [2.05, 4.69) is 20.3 Å². The topological polar surface area (TPSA) is 164 Å². The zero-order chi connectivity index (χ0) is 18.0. The second kappa shape index (κ2) is 6.14. The molecule has 1 aromatic carbocycles. The van der Waals surface area contributed by atoms with E-state index in [4.69, 9.17) is 21.5 Å². The molecule has 0 radical (unpaired) electrons. The molecule has 0 amide bonds. The third-order valence-electron chi connectivity index (χ3n) is 3.35. The molecule has 3 aromatic rings. The number of fused-ring (bicyclic) bond motifs is 1. The third-order valence-corrected chi connectivity index (χ3v) is 3.35. The minimum Gasteiger partial charge on any atom is -0.497 e. The standard InChI is InChI=1S/C15H11N9O/c1-25-9-4-2-8(3-5-9)21-22-12-14(19)23-24-11(7-17)10(6-16)13(18)20-15(12)24/h2-5H,1H3,(H2,18,20)(H2,19,23). The van der Waals surface area contributed by atoms with E-state index >= 15 is 0 Å². The largest absolute Gasteiger partial charge is 0.497 e. The van der Waals surface area contributed by atoms with Gasteiger partial charge in [0, 0.05) is 0 Å². The van der Waals surface area contributed by atoms with E-state index in [9.17, 15) is 5.26 Å². The average Bonchev–Trinajstić information content (AvgIpc) is 2.94. The molecule has 122 valence electrons. The van der Waals surface area contributed by atoms with Crippen LogP contribution in [0.3, 0.4) is 0 Å². The van der Waals surface area contributed by atoms with Crippen molar-refractivity contribution >= 4 is 28.7 Å². The first-order chi connectivity index (χ1) is 12.1. The summed E-state index contributed by atoms with van der Waals surface area (Å²) in [6.07, 6.45) is 0. The molecular formula is C15H11N9O. The molecular weight excluding hydrogens is 322 g/mol.